The fourth-order valence-electron chi connectivity index (χ4n) is 2.87. The molecule has 1 N–H and O–H groups in total. The SMILES string of the molecule is CCS(=O)(=O)Nc1ccc2c(c1)c(C)cc(=O)n2-c1ccc(C(F)(F)F)cc1. The van der Waals surface area contributed by atoms with Crippen LogP contribution in [0.2, 0.25) is 0 Å². The van der Waals surface area contributed by atoms with Crippen molar-refractivity contribution in [1.29, 1.82) is 0 Å². The lowest BCUT2D eigenvalue weighted by Crippen LogP contribution is -2.19. The molecule has 0 saturated heterocycles. The fourth-order valence-corrected chi connectivity index (χ4v) is 3.50. The Hall–Kier alpha value is -2.81. The minimum absolute atomic E-state index is 0.0882. The Morgan fingerprint density at radius 1 is 1.04 bits per heavy atom. The normalized spacial score (nSPS) is 12.3. The van der Waals surface area contributed by atoms with Crippen LogP contribution in [0.3, 0.4) is 0 Å². The number of aryl methyl sites for hydroxylation is 1. The third-order valence-electron chi connectivity index (χ3n) is 4.33. The summed E-state index contributed by atoms with van der Waals surface area (Å²) in [6, 6.07) is 10.3. The number of alkyl halides is 3. The molecule has 0 fully saturated rings. The van der Waals surface area contributed by atoms with Crippen LogP contribution < -0.4 is 10.3 Å². The molecule has 28 heavy (non-hydrogen) atoms. The number of hydrogen-bond donors (Lipinski definition) is 1. The van der Waals surface area contributed by atoms with Crippen LogP contribution in [0.1, 0.15) is 18.1 Å². The van der Waals surface area contributed by atoms with Gasteiger partial charge in [0, 0.05) is 22.8 Å². The summed E-state index contributed by atoms with van der Waals surface area (Å²) in [5.74, 6) is -0.0882. The van der Waals surface area contributed by atoms with E-state index in [0.29, 0.717) is 22.2 Å². The molecule has 5 nitrogen and oxygen atoms in total. The van der Waals surface area contributed by atoms with E-state index in [1.165, 1.54) is 35.8 Å². The zero-order valence-corrected chi connectivity index (χ0v) is 15.9. The molecule has 9 heteroatoms. The number of fused-ring (bicyclic) bond motifs is 1. The fraction of sp³-hybridized carbons (Fsp3) is 0.211. The molecule has 0 amide bonds. The summed E-state index contributed by atoms with van der Waals surface area (Å²) in [5.41, 5.74) is 0.508. The summed E-state index contributed by atoms with van der Waals surface area (Å²) < 4.78 is 65.7. The van der Waals surface area contributed by atoms with E-state index in [2.05, 4.69) is 4.72 Å². The van der Waals surface area contributed by atoms with E-state index in [1.54, 1.807) is 19.1 Å². The number of halogens is 3. The van der Waals surface area contributed by atoms with Crippen LogP contribution in [0.4, 0.5) is 18.9 Å². The summed E-state index contributed by atoms with van der Waals surface area (Å²) in [5, 5.41) is 0.607. The van der Waals surface area contributed by atoms with Gasteiger partial charge in [-0.25, -0.2) is 8.42 Å². The van der Waals surface area contributed by atoms with Gasteiger partial charge >= 0.3 is 6.18 Å². The maximum Gasteiger partial charge on any atom is 0.416 e. The summed E-state index contributed by atoms with van der Waals surface area (Å²) in [4.78, 5) is 12.5. The minimum Gasteiger partial charge on any atom is -0.284 e. The predicted molar refractivity (Wildman–Crippen MR) is 102 cm³/mol. The molecule has 0 aliphatic rings. The maximum atomic E-state index is 12.8. The standard InChI is InChI=1S/C19H17F3N2O3S/c1-3-28(26,27)23-14-6-9-17-16(11-14)12(2)10-18(25)24(17)15-7-4-13(5-8-15)19(20,21)22/h4-11,23H,3H2,1-2H3. The number of nitrogens with one attached hydrogen (secondary N) is 1. The van der Waals surface area contributed by atoms with Gasteiger partial charge in [-0.05, 0) is 61.9 Å². The molecular weight excluding hydrogens is 393 g/mol. The number of aromatic nitrogens is 1. The molecule has 0 aliphatic carbocycles. The lowest BCUT2D eigenvalue weighted by atomic mass is 10.1. The molecule has 1 aromatic heterocycles. The van der Waals surface area contributed by atoms with Crippen LogP contribution in [-0.4, -0.2) is 18.7 Å². The molecule has 0 radical (unpaired) electrons. The maximum absolute atomic E-state index is 12.8. The Labute approximate surface area is 159 Å². The van der Waals surface area contributed by atoms with Crippen LogP contribution in [-0.2, 0) is 16.2 Å². The zero-order chi connectivity index (χ0) is 20.7. The van der Waals surface area contributed by atoms with Gasteiger partial charge in [0.1, 0.15) is 0 Å². The smallest absolute Gasteiger partial charge is 0.284 e. The first-order valence-corrected chi connectivity index (χ1v) is 10.0. The molecule has 1 heterocycles. The molecule has 2 aromatic carbocycles. The van der Waals surface area contributed by atoms with Crippen molar-refractivity contribution in [3.63, 3.8) is 0 Å². The Morgan fingerprint density at radius 2 is 1.68 bits per heavy atom. The number of sulfonamides is 1. The number of rotatable bonds is 4. The van der Waals surface area contributed by atoms with Gasteiger partial charge in [0.25, 0.3) is 5.56 Å². The molecule has 0 bridgehead atoms. The van der Waals surface area contributed by atoms with Crippen molar-refractivity contribution < 1.29 is 21.6 Å². The molecule has 148 valence electrons. The quantitative estimate of drug-likeness (QED) is 0.705. The van der Waals surface area contributed by atoms with E-state index in [9.17, 15) is 26.4 Å². The summed E-state index contributed by atoms with van der Waals surface area (Å²) >= 11 is 0. The first-order chi connectivity index (χ1) is 13.0. The number of anilines is 1. The van der Waals surface area contributed by atoms with Crippen LogP contribution >= 0.6 is 0 Å². The van der Waals surface area contributed by atoms with E-state index >= 15 is 0 Å². The van der Waals surface area contributed by atoms with Gasteiger partial charge in [-0.1, -0.05) is 0 Å². The minimum atomic E-state index is -4.47. The van der Waals surface area contributed by atoms with Crippen LogP contribution in [0.25, 0.3) is 16.6 Å². The molecule has 0 saturated carbocycles. The van der Waals surface area contributed by atoms with Crippen molar-refractivity contribution in [3.05, 3.63) is 70.0 Å². The molecule has 0 unspecified atom stereocenters. The molecule has 3 aromatic rings. The lowest BCUT2D eigenvalue weighted by molar-refractivity contribution is -0.137. The molecule has 0 spiro atoms. The van der Waals surface area contributed by atoms with Crippen molar-refractivity contribution in [2.24, 2.45) is 0 Å². The van der Waals surface area contributed by atoms with Crippen molar-refractivity contribution in [2.75, 3.05) is 10.5 Å². The topological polar surface area (TPSA) is 68.2 Å². The van der Waals surface area contributed by atoms with Crippen molar-refractivity contribution in [2.45, 2.75) is 20.0 Å². The molecular formula is C19H17F3N2O3S. The van der Waals surface area contributed by atoms with E-state index in [0.717, 1.165) is 12.1 Å². The highest BCUT2D eigenvalue weighted by Gasteiger charge is 2.30. The lowest BCUT2D eigenvalue weighted by Gasteiger charge is -2.15. The third kappa shape index (κ3) is 3.89. The molecule has 0 aliphatic heterocycles. The van der Waals surface area contributed by atoms with Crippen molar-refractivity contribution in [3.8, 4) is 5.69 Å². The average Bonchev–Trinajstić information content (AvgIpc) is 2.61. The van der Waals surface area contributed by atoms with Crippen LogP contribution in [0, 0.1) is 6.92 Å². The average molecular weight is 410 g/mol. The number of nitrogens with zero attached hydrogens (tertiary/aromatic N) is 1. The summed E-state index contributed by atoms with van der Waals surface area (Å²) in [6.45, 7) is 3.22. The summed E-state index contributed by atoms with van der Waals surface area (Å²) in [6.07, 6.45) is -4.47. The highest BCUT2D eigenvalue weighted by Crippen LogP contribution is 2.30. The zero-order valence-electron chi connectivity index (χ0n) is 15.0. The van der Waals surface area contributed by atoms with E-state index in [4.69, 9.17) is 0 Å². The Morgan fingerprint density at radius 3 is 2.25 bits per heavy atom. The Kier molecular flexibility index (Phi) is 4.97. The Bertz CT molecular complexity index is 1200. The third-order valence-corrected chi connectivity index (χ3v) is 5.64. The van der Waals surface area contributed by atoms with Gasteiger partial charge in [0.15, 0.2) is 0 Å². The van der Waals surface area contributed by atoms with Gasteiger partial charge in [-0.15, -0.1) is 0 Å². The second kappa shape index (κ2) is 6.97. The van der Waals surface area contributed by atoms with Crippen LogP contribution in [0.15, 0.2) is 53.3 Å². The first kappa shape index (κ1) is 19.9. The van der Waals surface area contributed by atoms with E-state index in [-0.39, 0.29) is 11.4 Å². The number of benzene rings is 2. The van der Waals surface area contributed by atoms with Gasteiger partial charge in [0.05, 0.1) is 16.8 Å². The highest BCUT2D eigenvalue weighted by molar-refractivity contribution is 7.92. The summed E-state index contributed by atoms with van der Waals surface area (Å²) in [7, 11) is -3.47. The highest BCUT2D eigenvalue weighted by atomic mass is 32.2. The van der Waals surface area contributed by atoms with E-state index in [1.807, 2.05) is 0 Å². The molecule has 3 rings (SSSR count). The Balaban J connectivity index is 2.17. The van der Waals surface area contributed by atoms with Crippen molar-refractivity contribution >= 4 is 26.6 Å². The van der Waals surface area contributed by atoms with Gasteiger partial charge in [-0.3, -0.25) is 14.1 Å². The monoisotopic (exact) mass is 410 g/mol. The largest absolute Gasteiger partial charge is 0.416 e. The van der Waals surface area contributed by atoms with Crippen molar-refractivity contribution in [1.82, 2.24) is 4.57 Å². The number of pyridine rings is 1. The molecule has 0 atom stereocenters. The second-order valence-electron chi connectivity index (χ2n) is 6.28. The van der Waals surface area contributed by atoms with E-state index < -0.39 is 27.3 Å². The second-order valence-corrected chi connectivity index (χ2v) is 8.29. The number of hydrogen-bond acceptors (Lipinski definition) is 3. The first-order valence-electron chi connectivity index (χ1n) is 8.36. The predicted octanol–water partition coefficient (Wildman–Crippen LogP) is 4.08. The van der Waals surface area contributed by atoms with Crippen LogP contribution in [0.5, 0.6) is 0 Å². The van der Waals surface area contributed by atoms with Gasteiger partial charge in [0.2, 0.25) is 10.0 Å². The van der Waals surface area contributed by atoms with Gasteiger partial charge < -0.3 is 0 Å². The van der Waals surface area contributed by atoms with Gasteiger partial charge in [-0.2, -0.15) is 13.2 Å².